The quantitative estimate of drug-likeness (QED) is 0.211. The maximum Gasteiger partial charge on any atom is 0.573 e. The van der Waals surface area contributed by atoms with Gasteiger partial charge in [-0.2, -0.15) is 4.98 Å². The Morgan fingerprint density at radius 3 is 2.63 bits per heavy atom. The first-order chi connectivity index (χ1) is 16.6. The lowest BCUT2D eigenvalue weighted by molar-refractivity contribution is -0.274. The Balaban J connectivity index is 2.03. The molecule has 3 rings (SSSR count). The Morgan fingerprint density at radius 2 is 2.00 bits per heavy atom. The Morgan fingerprint density at radius 1 is 1.26 bits per heavy atom. The Hall–Kier alpha value is -3.55. The number of halogens is 4. The van der Waals surface area contributed by atoms with Crippen LogP contribution in [0.15, 0.2) is 42.6 Å². The second-order valence-electron chi connectivity index (χ2n) is 7.05. The van der Waals surface area contributed by atoms with Crippen LogP contribution in [0.1, 0.15) is 22.5 Å². The predicted molar refractivity (Wildman–Crippen MR) is 118 cm³/mol. The summed E-state index contributed by atoms with van der Waals surface area (Å²) in [4.78, 5) is 21.3. The Labute approximate surface area is 202 Å². The highest BCUT2D eigenvalue weighted by Gasteiger charge is 2.31. The fraction of sp³-hybridized carbons (Fsp3) is 0.286. The third-order valence-corrected chi connectivity index (χ3v) is 4.74. The number of benzene rings is 1. The zero-order valence-electron chi connectivity index (χ0n) is 18.3. The molecule has 2 aromatic heterocycles. The summed E-state index contributed by atoms with van der Waals surface area (Å²) in [6.45, 7) is -0.412. The highest BCUT2D eigenvalue weighted by molar-refractivity contribution is 6.29. The third-order valence-electron chi connectivity index (χ3n) is 4.51. The minimum absolute atomic E-state index is 0.0121. The van der Waals surface area contributed by atoms with Crippen molar-refractivity contribution in [2.45, 2.75) is 19.3 Å². The molecule has 0 aliphatic rings. The monoisotopic (exact) mass is 515 g/mol. The standard InChI is InChI=1S/C21H21ClF3N5O5/c1-26-18-17(19(32)30(33)8-3-9-31)29(12-13-6-7-16(22)27-11-13)20(28-18)34-14-4-2-5-15(10-14)35-21(23,24)25/h2,4-7,10-11,26,31,33H,3,8-9,12H2,1H3. The number of hydrogen-bond acceptors (Lipinski definition) is 8. The van der Waals surface area contributed by atoms with Gasteiger partial charge in [-0.3, -0.25) is 14.6 Å². The van der Waals surface area contributed by atoms with Gasteiger partial charge in [0, 0.05) is 25.9 Å². The van der Waals surface area contributed by atoms with Crippen LogP contribution in [0.4, 0.5) is 19.0 Å². The molecule has 0 saturated heterocycles. The molecule has 0 unspecified atom stereocenters. The summed E-state index contributed by atoms with van der Waals surface area (Å²) in [7, 11) is 1.49. The number of rotatable bonds is 10. The number of aromatic nitrogens is 3. The molecule has 14 heteroatoms. The van der Waals surface area contributed by atoms with E-state index in [1.807, 2.05) is 0 Å². The second kappa shape index (κ2) is 11.3. The zero-order chi connectivity index (χ0) is 25.6. The number of amides is 1. The third kappa shape index (κ3) is 6.97. The van der Waals surface area contributed by atoms with Gasteiger partial charge in [0.1, 0.15) is 16.7 Å². The first-order valence-electron chi connectivity index (χ1n) is 10.1. The fourth-order valence-corrected chi connectivity index (χ4v) is 3.13. The number of aliphatic hydroxyl groups excluding tert-OH is 1. The molecule has 0 spiro atoms. The molecule has 0 aliphatic heterocycles. The number of aliphatic hydroxyl groups is 1. The van der Waals surface area contributed by atoms with Crippen LogP contribution in [0.3, 0.4) is 0 Å². The molecule has 1 amide bonds. The van der Waals surface area contributed by atoms with E-state index in [-0.39, 0.29) is 54.5 Å². The lowest BCUT2D eigenvalue weighted by atomic mass is 10.2. The molecular weight excluding hydrogens is 495 g/mol. The van der Waals surface area contributed by atoms with Crippen LogP contribution in [-0.2, 0) is 6.54 Å². The smallest absolute Gasteiger partial charge is 0.425 e. The van der Waals surface area contributed by atoms with E-state index >= 15 is 0 Å². The minimum atomic E-state index is -4.89. The molecule has 35 heavy (non-hydrogen) atoms. The Bertz CT molecular complexity index is 1160. The molecule has 0 bridgehead atoms. The van der Waals surface area contributed by atoms with E-state index in [9.17, 15) is 23.2 Å². The van der Waals surface area contributed by atoms with Gasteiger partial charge in [0.25, 0.3) is 5.91 Å². The summed E-state index contributed by atoms with van der Waals surface area (Å²) in [5, 5.41) is 22.6. The fourth-order valence-electron chi connectivity index (χ4n) is 3.02. The Kier molecular flexibility index (Phi) is 8.38. The van der Waals surface area contributed by atoms with E-state index in [1.54, 1.807) is 6.07 Å². The van der Waals surface area contributed by atoms with Crippen molar-refractivity contribution in [3.05, 3.63) is 59.0 Å². The topological polar surface area (TPSA) is 122 Å². The lowest BCUT2D eigenvalue weighted by Gasteiger charge is -2.17. The lowest BCUT2D eigenvalue weighted by Crippen LogP contribution is -2.31. The van der Waals surface area contributed by atoms with E-state index < -0.39 is 18.0 Å². The molecule has 3 N–H and O–H groups in total. The van der Waals surface area contributed by atoms with Gasteiger partial charge in [-0.15, -0.1) is 13.2 Å². The number of pyridine rings is 1. The molecule has 0 saturated carbocycles. The highest BCUT2D eigenvalue weighted by atomic mass is 35.5. The van der Waals surface area contributed by atoms with Gasteiger partial charge in [-0.25, -0.2) is 10.0 Å². The second-order valence-corrected chi connectivity index (χ2v) is 7.43. The molecule has 0 aliphatic carbocycles. The molecule has 3 aromatic rings. The SMILES string of the molecule is CNc1nc(Oc2cccc(OC(F)(F)F)c2)n(Cc2ccc(Cl)nc2)c1C(=O)N(O)CCCO. The summed E-state index contributed by atoms with van der Waals surface area (Å²) < 4.78 is 48.8. The van der Waals surface area contributed by atoms with Crippen LogP contribution in [0.2, 0.25) is 5.15 Å². The van der Waals surface area contributed by atoms with Gasteiger partial charge >= 0.3 is 12.4 Å². The average molecular weight is 516 g/mol. The zero-order valence-corrected chi connectivity index (χ0v) is 19.0. The number of hydrogen-bond donors (Lipinski definition) is 3. The van der Waals surface area contributed by atoms with Crippen LogP contribution in [0.5, 0.6) is 17.5 Å². The van der Waals surface area contributed by atoms with Crippen molar-refractivity contribution in [2.24, 2.45) is 0 Å². The van der Waals surface area contributed by atoms with Crippen LogP contribution >= 0.6 is 11.6 Å². The van der Waals surface area contributed by atoms with Crippen LogP contribution in [0, 0.1) is 0 Å². The largest absolute Gasteiger partial charge is 0.573 e. The van der Waals surface area contributed by atoms with E-state index in [4.69, 9.17) is 21.4 Å². The maximum absolute atomic E-state index is 13.0. The molecular formula is C21H21ClF3N5O5. The van der Waals surface area contributed by atoms with Gasteiger partial charge in [0.05, 0.1) is 13.1 Å². The van der Waals surface area contributed by atoms with Crippen LogP contribution in [0.25, 0.3) is 0 Å². The number of carbonyl (C=O) groups is 1. The molecule has 0 radical (unpaired) electrons. The van der Waals surface area contributed by atoms with Gasteiger partial charge in [-0.1, -0.05) is 23.7 Å². The number of hydroxylamine groups is 2. The first-order valence-corrected chi connectivity index (χ1v) is 10.5. The van der Waals surface area contributed by atoms with Crippen molar-refractivity contribution in [1.29, 1.82) is 0 Å². The number of alkyl halides is 3. The summed E-state index contributed by atoms with van der Waals surface area (Å²) in [6, 6.07) is 7.81. The van der Waals surface area contributed by atoms with Crippen molar-refractivity contribution in [2.75, 3.05) is 25.5 Å². The molecule has 10 nitrogen and oxygen atoms in total. The summed E-state index contributed by atoms with van der Waals surface area (Å²) in [5.41, 5.74) is 0.489. The first kappa shape index (κ1) is 26.1. The van der Waals surface area contributed by atoms with Crippen LogP contribution in [-0.4, -0.2) is 62.4 Å². The van der Waals surface area contributed by atoms with Crippen molar-refractivity contribution < 1.29 is 37.8 Å². The van der Waals surface area contributed by atoms with Gasteiger partial charge in [0.15, 0.2) is 11.5 Å². The number of anilines is 1. The van der Waals surface area contributed by atoms with Gasteiger partial charge < -0.3 is 19.9 Å². The number of nitrogens with one attached hydrogen (secondary N) is 1. The van der Waals surface area contributed by atoms with Crippen molar-refractivity contribution in [1.82, 2.24) is 19.6 Å². The van der Waals surface area contributed by atoms with E-state index in [0.717, 1.165) is 12.1 Å². The molecule has 188 valence electrons. The van der Waals surface area contributed by atoms with E-state index in [0.29, 0.717) is 10.6 Å². The van der Waals surface area contributed by atoms with Crippen LogP contribution < -0.4 is 14.8 Å². The molecule has 0 atom stereocenters. The molecule has 2 heterocycles. The number of imidazole rings is 1. The average Bonchev–Trinajstić information content (AvgIpc) is 3.14. The normalized spacial score (nSPS) is 11.3. The van der Waals surface area contributed by atoms with E-state index in [2.05, 4.69) is 20.0 Å². The predicted octanol–water partition coefficient (Wildman–Crippen LogP) is 3.93. The minimum Gasteiger partial charge on any atom is -0.425 e. The number of carbonyl (C=O) groups excluding carboxylic acids is 1. The van der Waals surface area contributed by atoms with Crippen molar-refractivity contribution >= 4 is 23.3 Å². The molecule has 1 aromatic carbocycles. The van der Waals surface area contributed by atoms with E-state index in [1.165, 1.54) is 36.0 Å². The maximum atomic E-state index is 13.0. The number of ether oxygens (including phenoxy) is 2. The van der Waals surface area contributed by atoms with Crippen molar-refractivity contribution in [3.63, 3.8) is 0 Å². The molecule has 0 fully saturated rings. The highest BCUT2D eigenvalue weighted by Crippen LogP contribution is 2.32. The van der Waals surface area contributed by atoms with Gasteiger partial charge in [-0.05, 0) is 30.2 Å². The number of nitrogens with zero attached hydrogens (tertiary/aromatic N) is 4. The summed E-state index contributed by atoms with van der Waals surface area (Å²) in [5.74, 6) is -1.36. The summed E-state index contributed by atoms with van der Waals surface area (Å²) >= 11 is 5.84. The van der Waals surface area contributed by atoms with Gasteiger partial charge in [0.2, 0.25) is 0 Å². The van der Waals surface area contributed by atoms with Crippen molar-refractivity contribution in [3.8, 4) is 17.5 Å². The summed E-state index contributed by atoms with van der Waals surface area (Å²) in [6.07, 6.45) is -3.31.